The van der Waals surface area contributed by atoms with E-state index in [1.807, 2.05) is 43.9 Å². The van der Waals surface area contributed by atoms with E-state index in [4.69, 9.17) is 10.5 Å². The van der Waals surface area contributed by atoms with Crippen LogP contribution in [0.2, 0.25) is 0 Å². The number of rotatable bonds is 5. The highest BCUT2D eigenvalue weighted by atomic mass is 32.2. The zero-order valence-electron chi connectivity index (χ0n) is 14.3. The molecule has 0 saturated carbocycles. The van der Waals surface area contributed by atoms with Crippen molar-refractivity contribution in [1.82, 2.24) is 4.90 Å². The van der Waals surface area contributed by atoms with Crippen LogP contribution in [-0.4, -0.2) is 41.0 Å². The zero-order valence-corrected chi connectivity index (χ0v) is 15.1. The number of carbonyl (C=O) groups excluding carboxylic acids is 1. The first kappa shape index (κ1) is 18.1. The molecule has 1 aromatic rings. The molecule has 0 unspecified atom stereocenters. The molecule has 1 aliphatic rings. The van der Waals surface area contributed by atoms with Crippen LogP contribution >= 0.6 is 11.8 Å². The van der Waals surface area contributed by atoms with Crippen molar-refractivity contribution in [3.05, 3.63) is 30.3 Å². The molecule has 0 aliphatic carbocycles. The van der Waals surface area contributed by atoms with Gasteiger partial charge in [0, 0.05) is 29.3 Å². The van der Waals surface area contributed by atoms with E-state index in [-0.39, 0.29) is 18.2 Å². The van der Waals surface area contributed by atoms with Crippen LogP contribution in [0.25, 0.3) is 0 Å². The van der Waals surface area contributed by atoms with Gasteiger partial charge >= 0.3 is 6.09 Å². The van der Waals surface area contributed by atoms with E-state index in [0.29, 0.717) is 0 Å². The Labute approximate surface area is 143 Å². The van der Waals surface area contributed by atoms with Gasteiger partial charge in [0.25, 0.3) is 0 Å². The largest absolute Gasteiger partial charge is 0.444 e. The van der Waals surface area contributed by atoms with Gasteiger partial charge in [0.05, 0.1) is 0 Å². The summed E-state index contributed by atoms with van der Waals surface area (Å²) in [4.78, 5) is 15.4. The highest BCUT2D eigenvalue weighted by Crippen LogP contribution is 2.25. The first-order valence-corrected chi connectivity index (χ1v) is 9.27. The number of carbonyl (C=O) groups is 1. The third kappa shape index (κ3) is 6.07. The maximum absolute atomic E-state index is 12.3. The summed E-state index contributed by atoms with van der Waals surface area (Å²) in [6.45, 7) is 6.48. The van der Waals surface area contributed by atoms with Crippen LogP contribution in [-0.2, 0) is 4.74 Å². The monoisotopic (exact) mass is 336 g/mol. The minimum Gasteiger partial charge on any atom is -0.444 e. The molecule has 0 radical (unpaired) electrons. The van der Waals surface area contributed by atoms with Gasteiger partial charge in [0.15, 0.2) is 0 Å². The van der Waals surface area contributed by atoms with Crippen LogP contribution in [0.15, 0.2) is 35.2 Å². The number of amides is 1. The fraction of sp³-hybridized carbons (Fsp3) is 0.611. The number of likely N-dealkylation sites (tertiary alicyclic amines) is 1. The molecule has 1 heterocycles. The van der Waals surface area contributed by atoms with E-state index < -0.39 is 5.60 Å². The van der Waals surface area contributed by atoms with Gasteiger partial charge in [-0.2, -0.15) is 0 Å². The summed E-state index contributed by atoms with van der Waals surface area (Å²) in [5.41, 5.74) is 5.84. The van der Waals surface area contributed by atoms with Crippen LogP contribution in [0.1, 0.15) is 40.0 Å². The van der Waals surface area contributed by atoms with Gasteiger partial charge in [0.2, 0.25) is 0 Å². The van der Waals surface area contributed by atoms with Crippen molar-refractivity contribution in [3.8, 4) is 0 Å². The van der Waals surface area contributed by atoms with Crippen molar-refractivity contribution >= 4 is 17.9 Å². The van der Waals surface area contributed by atoms with Crippen LogP contribution in [0, 0.1) is 0 Å². The Kier molecular flexibility index (Phi) is 6.36. The lowest BCUT2D eigenvalue weighted by Crippen LogP contribution is -2.42. The van der Waals surface area contributed by atoms with Crippen LogP contribution < -0.4 is 5.73 Å². The molecule has 2 rings (SSSR count). The highest BCUT2D eigenvalue weighted by Gasteiger charge is 2.32. The second kappa shape index (κ2) is 8.06. The summed E-state index contributed by atoms with van der Waals surface area (Å²) in [6, 6.07) is 10.6. The van der Waals surface area contributed by atoms with Crippen molar-refractivity contribution in [3.63, 3.8) is 0 Å². The van der Waals surface area contributed by atoms with Gasteiger partial charge in [0.1, 0.15) is 5.60 Å². The van der Waals surface area contributed by atoms with Gasteiger partial charge < -0.3 is 15.4 Å². The van der Waals surface area contributed by atoms with E-state index in [9.17, 15) is 4.79 Å². The molecule has 2 atom stereocenters. The number of nitrogens with two attached hydrogens (primary N) is 1. The lowest BCUT2D eigenvalue weighted by atomic mass is 10.1. The predicted octanol–water partition coefficient (Wildman–Crippen LogP) is 3.90. The van der Waals surface area contributed by atoms with Crippen LogP contribution in [0.5, 0.6) is 0 Å². The first-order chi connectivity index (χ1) is 10.8. The number of thioether (sulfide) groups is 1. The second-order valence-corrected chi connectivity index (χ2v) is 8.18. The van der Waals surface area contributed by atoms with E-state index in [2.05, 4.69) is 12.1 Å². The summed E-state index contributed by atoms with van der Waals surface area (Å²) in [7, 11) is 0. The van der Waals surface area contributed by atoms with Gasteiger partial charge in [-0.1, -0.05) is 18.2 Å². The molecule has 1 aromatic carbocycles. The van der Waals surface area contributed by atoms with Gasteiger partial charge in [-0.25, -0.2) is 4.79 Å². The lowest BCUT2D eigenvalue weighted by molar-refractivity contribution is 0.0217. The Morgan fingerprint density at radius 1 is 1.39 bits per heavy atom. The molecule has 4 nitrogen and oxygen atoms in total. The number of hydrogen-bond donors (Lipinski definition) is 1. The third-order valence-corrected chi connectivity index (χ3v) is 4.99. The second-order valence-electron chi connectivity index (χ2n) is 7.09. The molecule has 2 N–H and O–H groups in total. The summed E-state index contributed by atoms with van der Waals surface area (Å²) >= 11 is 1.77. The molecule has 0 aromatic heterocycles. The number of benzene rings is 1. The summed E-state index contributed by atoms with van der Waals surface area (Å²) in [5.74, 6) is 0.864. The quantitative estimate of drug-likeness (QED) is 0.829. The summed E-state index contributed by atoms with van der Waals surface area (Å²) in [5, 5.41) is 0. The van der Waals surface area contributed by atoms with Crippen molar-refractivity contribution in [2.24, 2.45) is 5.73 Å². The van der Waals surface area contributed by atoms with E-state index in [1.165, 1.54) is 4.90 Å². The molecule has 0 spiro atoms. The SMILES string of the molecule is CC(C)(C)OC(=O)N1CCC[C@@H]1C[C@@H](N)CSc1ccccc1. The van der Waals surface area contributed by atoms with Crippen molar-refractivity contribution in [2.45, 2.75) is 62.6 Å². The summed E-state index contributed by atoms with van der Waals surface area (Å²) in [6.07, 6.45) is 2.67. The minimum absolute atomic E-state index is 0.0771. The fourth-order valence-electron chi connectivity index (χ4n) is 2.78. The van der Waals surface area contributed by atoms with E-state index >= 15 is 0 Å². The van der Waals surface area contributed by atoms with Gasteiger partial charge in [-0.15, -0.1) is 11.8 Å². The molecule has 1 amide bonds. The average molecular weight is 337 g/mol. The Morgan fingerprint density at radius 2 is 2.09 bits per heavy atom. The first-order valence-electron chi connectivity index (χ1n) is 8.28. The predicted molar refractivity (Wildman–Crippen MR) is 95.7 cm³/mol. The normalized spacial score (nSPS) is 19.7. The Hall–Kier alpha value is -1.20. The molecule has 23 heavy (non-hydrogen) atoms. The van der Waals surface area contributed by atoms with E-state index in [1.54, 1.807) is 11.8 Å². The Bertz CT molecular complexity index is 501. The topological polar surface area (TPSA) is 55.6 Å². The molecule has 5 heteroatoms. The number of hydrogen-bond acceptors (Lipinski definition) is 4. The smallest absolute Gasteiger partial charge is 0.410 e. The molecular weight excluding hydrogens is 308 g/mol. The highest BCUT2D eigenvalue weighted by molar-refractivity contribution is 7.99. The fourth-order valence-corrected chi connectivity index (χ4v) is 3.67. The zero-order chi connectivity index (χ0) is 16.9. The standard InChI is InChI=1S/C18H28N2O2S/c1-18(2,3)22-17(21)20-11-7-8-15(20)12-14(19)13-23-16-9-5-4-6-10-16/h4-6,9-10,14-15H,7-8,11-13,19H2,1-3H3/t14-,15-/m1/s1. The van der Waals surface area contributed by atoms with Crippen molar-refractivity contribution < 1.29 is 9.53 Å². The van der Waals surface area contributed by atoms with Gasteiger partial charge in [-0.3, -0.25) is 0 Å². The molecule has 0 bridgehead atoms. The average Bonchev–Trinajstić information content (AvgIpc) is 2.93. The Balaban J connectivity index is 1.82. The van der Waals surface area contributed by atoms with Gasteiger partial charge in [-0.05, 0) is 52.2 Å². The third-order valence-electron chi connectivity index (χ3n) is 3.79. The maximum Gasteiger partial charge on any atom is 0.410 e. The van der Waals surface area contributed by atoms with Crippen molar-refractivity contribution in [1.29, 1.82) is 0 Å². The Morgan fingerprint density at radius 3 is 2.74 bits per heavy atom. The molecule has 128 valence electrons. The van der Waals surface area contributed by atoms with Crippen LogP contribution in [0.3, 0.4) is 0 Å². The van der Waals surface area contributed by atoms with Crippen molar-refractivity contribution in [2.75, 3.05) is 12.3 Å². The number of nitrogens with zero attached hydrogens (tertiary/aromatic N) is 1. The van der Waals surface area contributed by atoms with E-state index in [0.717, 1.165) is 31.6 Å². The molecule has 1 fully saturated rings. The molecular formula is C18H28N2O2S. The number of ether oxygens (including phenoxy) is 1. The lowest BCUT2D eigenvalue weighted by Gasteiger charge is -2.29. The molecule has 1 aliphatic heterocycles. The minimum atomic E-state index is -0.449. The van der Waals surface area contributed by atoms with Crippen LogP contribution in [0.4, 0.5) is 4.79 Å². The summed E-state index contributed by atoms with van der Waals surface area (Å²) < 4.78 is 5.50. The maximum atomic E-state index is 12.3. The molecule has 1 saturated heterocycles.